The maximum absolute atomic E-state index is 8.40. The van der Waals surface area contributed by atoms with Crippen molar-refractivity contribution in [2.24, 2.45) is 0 Å². The first-order chi connectivity index (χ1) is 5.83. The molecule has 1 rings (SSSR count). The van der Waals surface area contributed by atoms with Crippen LogP contribution in [0.1, 0.15) is 58.8 Å². The van der Waals surface area contributed by atoms with E-state index < -0.39 is 9.29 Å². The standard InChI is InChI=1S/C5H12.C4H8.O2Si/c1-3-5-4-2;1-2-4-3-1;1-3-2/h3-5H2,1-2H3;1-4H2;. The van der Waals surface area contributed by atoms with Crippen LogP contribution in [0.3, 0.4) is 0 Å². The fourth-order valence-corrected chi connectivity index (χ4v) is 0.604. The summed E-state index contributed by atoms with van der Waals surface area (Å²) >= 11 is 0. The predicted octanol–water partition coefficient (Wildman–Crippen LogP) is 3.14. The fourth-order valence-electron chi connectivity index (χ4n) is 0.604. The van der Waals surface area contributed by atoms with E-state index in [0.29, 0.717) is 0 Å². The van der Waals surface area contributed by atoms with E-state index in [0.717, 1.165) is 0 Å². The third-order valence-corrected chi connectivity index (χ3v) is 1.71. The van der Waals surface area contributed by atoms with Crippen molar-refractivity contribution in [1.29, 1.82) is 0 Å². The van der Waals surface area contributed by atoms with Gasteiger partial charge in [0.15, 0.2) is 0 Å². The summed E-state index contributed by atoms with van der Waals surface area (Å²) in [6.45, 7) is 4.42. The predicted molar refractivity (Wildman–Crippen MR) is 50.8 cm³/mol. The lowest BCUT2D eigenvalue weighted by atomic mass is 10.0. The van der Waals surface area contributed by atoms with Crippen LogP contribution in [0.15, 0.2) is 0 Å². The molecular weight excluding hydrogens is 168 g/mol. The molecule has 0 atom stereocenters. The Labute approximate surface area is 77.7 Å². The zero-order valence-electron chi connectivity index (χ0n) is 8.27. The van der Waals surface area contributed by atoms with Crippen LogP contribution in [0, 0.1) is 0 Å². The third-order valence-electron chi connectivity index (χ3n) is 1.71. The molecule has 0 aromatic heterocycles. The van der Waals surface area contributed by atoms with Crippen LogP contribution in [0.25, 0.3) is 0 Å². The maximum atomic E-state index is 8.40. The molecule has 1 aliphatic rings. The molecule has 0 saturated heterocycles. The molecule has 0 unspecified atom stereocenters. The fraction of sp³-hybridized carbons (Fsp3) is 1.00. The van der Waals surface area contributed by atoms with Gasteiger partial charge in [0.05, 0.1) is 0 Å². The van der Waals surface area contributed by atoms with Gasteiger partial charge in [-0.2, -0.15) is 0 Å². The highest BCUT2D eigenvalue weighted by Gasteiger charge is 1.95. The van der Waals surface area contributed by atoms with E-state index in [1.54, 1.807) is 0 Å². The van der Waals surface area contributed by atoms with Gasteiger partial charge < -0.3 is 0 Å². The van der Waals surface area contributed by atoms with Gasteiger partial charge in [-0.3, -0.25) is 8.92 Å². The second-order valence-electron chi connectivity index (χ2n) is 2.85. The largest absolute Gasteiger partial charge is 0.549 e. The second kappa shape index (κ2) is 17.1. The van der Waals surface area contributed by atoms with Crippen LogP contribution >= 0.6 is 0 Å². The summed E-state index contributed by atoms with van der Waals surface area (Å²) in [6.07, 6.45) is 10.1. The Morgan fingerprint density at radius 2 is 1.17 bits per heavy atom. The molecule has 0 spiro atoms. The third kappa shape index (κ3) is 22.6. The lowest BCUT2D eigenvalue weighted by Gasteiger charge is -2.05. The Morgan fingerprint density at radius 3 is 1.17 bits per heavy atom. The van der Waals surface area contributed by atoms with Crippen LogP contribution in [0.2, 0.25) is 0 Å². The average Bonchev–Trinajstić information content (AvgIpc) is 1.87. The smallest absolute Gasteiger partial charge is 0.274 e. The zero-order chi connectivity index (χ0) is 9.66. The first kappa shape index (κ1) is 14.3. The van der Waals surface area contributed by atoms with Crippen LogP contribution < -0.4 is 0 Å². The summed E-state index contributed by atoms with van der Waals surface area (Å²) in [5.41, 5.74) is 0. The van der Waals surface area contributed by atoms with Crippen LogP contribution in [0.4, 0.5) is 0 Å². The molecule has 0 N–H and O–H groups in total. The van der Waals surface area contributed by atoms with Crippen LogP contribution in [-0.2, 0) is 8.92 Å². The van der Waals surface area contributed by atoms with Crippen molar-refractivity contribution < 1.29 is 8.92 Å². The molecule has 1 aliphatic carbocycles. The van der Waals surface area contributed by atoms with Gasteiger partial charge >= 0.3 is 9.29 Å². The topological polar surface area (TPSA) is 34.1 Å². The van der Waals surface area contributed by atoms with Gasteiger partial charge in [-0.15, -0.1) is 0 Å². The number of hydrogen-bond donors (Lipinski definition) is 0. The van der Waals surface area contributed by atoms with Gasteiger partial charge in [0, 0.05) is 0 Å². The molecule has 72 valence electrons. The molecule has 1 fully saturated rings. The van der Waals surface area contributed by atoms with Crippen molar-refractivity contribution in [2.45, 2.75) is 58.8 Å². The highest BCUT2D eigenvalue weighted by molar-refractivity contribution is 5.94. The Kier molecular flexibility index (Phi) is 20.4. The molecule has 0 radical (unpaired) electrons. The van der Waals surface area contributed by atoms with E-state index in [1.165, 1.54) is 44.9 Å². The highest BCUT2D eigenvalue weighted by Crippen LogP contribution is 2.15. The molecule has 0 heterocycles. The molecule has 12 heavy (non-hydrogen) atoms. The first-order valence-corrected chi connectivity index (χ1v) is 5.64. The first-order valence-electron chi connectivity index (χ1n) is 4.82. The number of unbranched alkanes of at least 4 members (excludes halogenated alkanes) is 2. The minimum absolute atomic E-state index is 1.34. The van der Waals surface area contributed by atoms with Gasteiger partial charge in [0.1, 0.15) is 0 Å². The minimum atomic E-state index is -1.42. The number of hydrogen-bond acceptors (Lipinski definition) is 2. The van der Waals surface area contributed by atoms with Crippen molar-refractivity contribution in [3.05, 3.63) is 0 Å². The second-order valence-corrected chi connectivity index (χ2v) is 3.02. The zero-order valence-corrected chi connectivity index (χ0v) is 9.27. The van der Waals surface area contributed by atoms with E-state index >= 15 is 0 Å². The Balaban J connectivity index is 0. The van der Waals surface area contributed by atoms with E-state index in [1.807, 2.05) is 0 Å². The van der Waals surface area contributed by atoms with Crippen LogP contribution in [0.5, 0.6) is 0 Å². The Hall–Kier alpha value is -0.183. The molecule has 0 aromatic rings. The molecule has 1 saturated carbocycles. The molecule has 2 nitrogen and oxygen atoms in total. The quantitative estimate of drug-likeness (QED) is 0.624. The molecule has 0 aliphatic heterocycles. The normalized spacial score (nSPS) is 12.2. The minimum Gasteiger partial charge on any atom is -0.274 e. The van der Waals surface area contributed by atoms with Gasteiger partial charge in [0.2, 0.25) is 0 Å². The van der Waals surface area contributed by atoms with Gasteiger partial charge in [-0.1, -0.05) is 58.8 Å². The van der Waals surface area contributed by atoms with Gasteiger partial charge in [-0.25, -0.2) is 0 Å². The molecule has 0 bridgehead atoms. The summed E-state index contributed by atoms with van der Waals surface area (Å²) in [7, 11) is -1.42. The summed E-state index contributed by atoms with van der Waals surface area (Å²) < 4.78 is 16.8. The molecule has 3 heteroatoms. The van der Waals surface area contributed by atoms with E-state index in [9.17, 15) is 0 Å². The number of rotatable bonds is 2. The van der Waals surface area contributed by atoms with Crippen molar-refractivity contribution in [3.63, 3.8) is 0 Å². The monoisotopic (exact) mass is 188 g/mol. The van der Waals surface area contributed by atoms with Crippen LogP contribution in [-0.4, -0.2) is 9.29 Å². The summed E-state index contributed by atoms with van der Waals surface area (Å²) in [5.74, 6) is 0. The van der Waals surface area contributed by atoms with Gasteiger partial charge in [-0.05, 0) is 0 Å². The van der Waals surface area contributed by atoms with E-state index in [4.69, 9.17) is 8.92 Å². The van der Waals surface area contributed by atoms with Crippen molar-refractivity contribution in [2.75, 3.05) is 0 Å². The van der Waals surface area contributed by atoms with Gasteiger partial charge in [0.25, 0.3) is 0 Å². The molecule has 0 amide bonds. The maximum Gasteiger partial charge on any atom is 0.549 e. The Morgan fingerprint density at radius 1 is 0.917 bits per heavy atom. The summed E-state index contributed by atoms with van der Waals surface area (Å²) in [4.78, 5) is 0. The highest BCUT2D eigenvalue weighted by atomic mass is 28.2. The van der Waals surface area contributed by atoms with Crippen molar-refractivity contribution in [3.8, 4) is 0 Å². The molecular formula is C9H20O2Si. The summed E-state index contributed by atoms with van der Waals surface area (Å²) in [5, 5.41) is 0. The summed E-state index contributed by atoms with van der Waals surface area (Å²) in [6, 6.07) is 0. The SMILES string of the molecule is C1CCC1.CCCCC.O=[Si]=O. The lowest BCUT2D eigenvalue weighted by molar-refractivity contribution is 0.497. The Bertz CT molecular complexity index is 88.7. The van der Waals surface area contributed by atoms with E-state index in [-0.39, 0.29) is 0 Å². The van der Waals surface area contributed by atoms with E-state index in [2.05, 4.69) is 13.8 Å². The van der Waals surface area contributed by atoms with Crippen molar-refractivity contribution in [1.82, 2.24) is 0 Å². The molecule has 0 aromatic carbocycles. The van der Waals surface area contributed by atoms with Crippen molar-refractivity contribution >= 4 is 9.29 Å². The lowest BCUT2D eigenvalue weighted by Crippen LogP contribution is -1.85. The average molecular weight is 188 g/mol.